The number of nitrogens with two attached hydrogens (primary N) is 1. The van der Waals surface area contributed by atoms with Crippen LogP contribution in [0.4, 0.5) is 11.4 Å². The SMILES string of the molecule is CN(Cc1cccc(Cl)c1)c1cccc(C#N)c1N. The van der Waals surface area contributed by atoms with Gasteiger partial charge in [0.25, 0.3) is 0 Å². The van der Waals surface area contributed by atoms with Gasteiger partial charge in [0.15, 0.2) is 0 Å². The van der Waals surface area contributed by atoms with Gasteiger partial charge in [0, 0.05) is 18.6 Å². The van der Waals surface area contributed by atoms with Crippen LogP contribution in [-0.4, -0.2) is 7.05 Å². The van der Waals surface area contributed by atoms with Crippen molar-refractivity contribution < 1.29 is 0 Å². The second kappa shape index (κ2) is 5.64. The van der Waals surface area contributed by atoms with Crippen molar-refractivity contribution in [3.63, 3.8) is 0 Å². The van der Waals surface area contributed by atoms with Crippen molar-refractivity contribution >= 4 is 23.0 Å². The van der Waals surface area contributed by atoms with E-state index in [1.807, 2.05) is 48.3 Å². The van der Waals surface area contributed by atoms with Crippen molar-refractivity contribution in [2.75, 3.05) is 17.7 Å². The van der Waals surface area contributed by atoms with E-state index in [1.165, 1.54) is 0 Å². The highest BCUT2D eigenvalue weighted by molar-refractivity contribution is 6.30. The van der Waals surface area contributed by atoms with Crippen LogP contribution in [0, 0.1) is 11.3 Å². The van der Waals surface area contributed by atoms with Gasteiger partial charge in [-0.25, -0.2) is 0 Å². The van der Waals surface area contributed by atoms with Crippen LogP contribution in [0.15, 0.2) is 42.5 Å². The first-order valence-electron chi connectivity index (χ1n) is 5.86. The molecule has 0 saturated heterocycles. The van der Waals surface area contributed by atoms with Gasteiger partial charge in [-0.05, 0) is 29.8 Å². The van der Waals surface area contributed by atoms with Crippen molar-refractivity contribution in [3.8, 4) is 6.07 Å². The van der Waals surface area contributed by atoms with E-state index in [0.717, 1.165) is 11.3 Å². The monoisotopic (exact) mass is 271 g/mol. The van der Waals surface area contributed by atoms with Crippen molar-refractivity contribution in [2.24, 2.45) is 0 Å². The van der Waals surface area contributed by atoms with Crippen LogP contribution in [0.3, 0.4) is 0 Å². The van der Waals surface area contributed by atoms with Gasteiger partial charge >= 0.3 is 0 Å². The van der Waals surface area contributed by atoms with Crippen molar-refractivity contribution in [3.05, 3.63) is 58.6 Å². The van der Waals surface area contributed by atoms with Crippen LogP contribution >= 0.6 is 11.6 Å². The summed E-state index contributed by atoms with van der Waals surface area (Å²) >= 11 is 5.97. The highest BCUT2D eigenvalue weighted by Crippen LogP contribution is 2.26. The second-order valence-corrected chi connectivity index (χ2v) is 4.77. The lowest BCUT2D eigenvalue weighted by Gasteiger charge is -2.21. The summed E-state index contributed by atoms with van der Waals surface area (Å²) in [4.78, 5) is 2.00. The van der Waals surface area contributed by atoms with Crippen LogP contribution in [0.1, 0.15) is 11.1 Å². The van der Waals surface area contributed by atoms with Crippen LogP contribution in [0.2, 0.25) is 5.02 Å². The maximum Gasteiger partial charge on any atom is 0.101 e. The lowest BCUT2D eigenvalue weighted by atomic mass is 10.1. The van der Waals surface area contributed by atoms with E-state index in [1.54, 1.807) is 6.07 Å². The zero-order chi connectivity index (χ0) is 13.8. The normalized spacial score (nSPS) is 9.95. The molecule has 0 aliphatic rings. The molecular weight excluding hydrogens is 258 g/mol. The molecule has 0 saturated carbocycles. The van der Waals surface area contributed by atoms with Crippen molar-refractivity contribution in [1.82, 2.24) is 0 Å². The van der Waals surface area contributed by atoms with Gasteiger partial charge in [0.1, 0.15) is 6.07 Å². The third kappa shape index (κ3) is 2.98. The zero-order valence-corrected chi connectivity index (χ0v) is 11.4. The Kier molecular flexibility index (Phi) is 3.94. The quantitative estimate of drug-likeness (QED) is 0.870. The Bertz CT molecular complexity index is 632. The first-order chi connectivity index (χ1) is 9.11. The molecule has 0 radical (unpaired) electrons. The molecule has 4 heteroatoms. The molecule has 0 heterocycles. The van der Waals surface area contributed by atoms with E-state index in [9.17, 15) is 0 Å². The van der Waals surface area contributed by atoms with Gasteiger partial charge in [0.05, 0.1) is 16.9 Å². The number of nitriles is 1. The summed E-state index contributed by atoms with van der Waals surface area (Å²) in [5, 5.41) is 9.70. The molecule has 0 amide bonds. The molecule has 2 N–H and O–H groups in total. The lowest BCUT2D eigenvalue weighted by Crippen LogP contribution is -2.18. The molecule has 0 bridgehead atoms. The molecular formula is C15H14ClN3. The number of benzene rings is 2. The number of para-hydroxylation sites is 1. The lowest BCUT2D eigenvalue weighted by molar-refractivity contribution is 0.924. The number of halogens is 1. The van der Waals surface area contributed by atoms with Crippen molar-refractivity contribution in [2.45, 2.75) is 6.54 Å². The number of anilines is 2. The minimum atomic E-state index is 0.496. The number of rotatable bonds is 3. The third-order valence-electron chi connectivity index (χ3n) is 2.92. The largest absolute Gasteiger partial charge is 0.396 e. The smallest absolute Gasteiger partial charge is 0.101 e. The molecule has 0 aliphatic heterocycles. The standard InChI is InChI=1S/C15H14ClN3/c1-19(10-11-4-2-6-13(16)8-11)14-7-3-5-12(9-17)15(14)18/h2-8H,10,18H2,1H3. The topological polar surface area (TPSA) is 53.0 Å². The number of nitrogens with zero attached hydrogens (tertiary/aromatic N) is 2. The third-order valence-corrected chi connectivity index (χ3v) is 3.16. The van der Waals surface area contributed by atoms with Gasteiger partial charge in [-0.3, -0.25) is 0 Å². The highest BCUT2D eigenvalue weighted by Gasteiger charge is 2.09. The van der Waals surface area contributed by atoms with Gasteiger partial charge in [-0.15, -0.1) is 0 Å². The van der Waals surface area contributed by atoms with E-state index >= 15 is 0 Å². The predicted molar refractivity (Wildman–Crippen MR) is 79.1 cm³/mol. The molecule has 2 aromatic rings. The minimum absolute atomic E-state index is 0.496. The van der Waals surface area contributed by atoms with E-state index < -0.39 is 0 Å². The maximum atomic E-state index is 8.98. The van der Waals surface area contributed by atoms with Gasteiger partial charge in [0.2, 0.25) is 0 Å². The predicted octanol–water partition coefficient (Wildman–Crippen LogP) is 3.43. The molecule has 2 aromatic carbocycles. The second-order valence-electron chi connectivity index (χ2n) is 4.34. The number of hydrogen-bond acceptors (Lipinski definition) is 3. The summed E-state index contributed by atoms with van der Waals surface area (Å²) in [6, 6.07) is 15.2. The molecule has 0 unspecified atom stereocenters. The Morgan fingerprint density at radius 2 is 2.00 bits per heavy atom. The molecule has 3 nitrogen and oxygen atoms in total. The average Bonchev–Trinajstić information content (AvgIpc) is 2.39. The minimum Gasteiger partial charge on any atom is -0.396 e. The summed E-state index contributed by atoms with van der Waals surface area (Å²) in [5.41, 5.74) is 8.93. The molecule has 0 aromatic heterocycles. The average molecular weight is 272 g/mol. The number of nitrogen functional groups attached to an aromatic ring is 1. The summed E-state index contributed by atoms with van der Waals surface area (Å²) < 4.78 is 0. The molecule has 96 valence electrons. The van der Waals surface area contributed by atoms with Crippen molar-refractivity contribution in [1.29, 1.82) is 5.26 Å². The van der Waals surface area contributed by atoms with Gasteiger partial charge in [-0.2, -0.15) is 5.26 Å². The fourth-order valence-corrected chi connectivity index (χ4v) is 2.19. The molecule has 19 heavy (non-hydrogen) atoms. The summed E-state index contributed by atoms with van der Waals surface area (Å²) in [6.07, 6.45) is 0. The van der Waals surface area contributed by atoms with Crippen LogP contribution in [-0.2, 0) is 6.54 Å². The zero-order valence-electron chi connectivity index (χ0n) is 10.6. The highest BCUT2D eigenvalue weighted by atomic mass is 35.5. The summed E-state index contributed by atoms with van der Waals surface area (Å²) in [5.74, 6) is 0. The van der Waals surface area contributed by atoms with E-state index in [0.29, 0.717) is 22.8 Å². The molecule has 0 fully saturated rings. The molecule has 2 rings (SSSR count). The van der Waals surface area contributed by atoms with E-state index in [2.05, 4.69) is 6.07 Å². The fourth-order valence-electron chi connectivity index (χ4n) is 1.98. The van der Waals surface area contributed by atoms with Crippen LogP contribution in [0.25, 0.3) is 0 Å². The first kappa shape index (κ1) is 13.3. The number of hydrogen-bond donors (Lipinski definition) is 1. The fraction of sp³-hybridized carbons (Fsp3) is 0.133. The van der Waals surface area contributed by atoms with Gasteiger partial charge < -0.3 is 10.6 Å². The summed E-state index contributed by atoms with van der Waals surface area (Å²) in [6.45, 7) is 0.680. The van der Waals surface area contributed by atoms with Crippen LogP contribution in [0.5, 0.6) is 0 Å². The summed E-state index contributed by atoms with van der Waals surface area (Å²) in [7, 11) is 1.94. The van der Waals surface area contributed by atoms with Crippen LogP contribution < -0.4 is 10.6 Å². The molecule has 0 atom stereocenters. The van der Waals surface area contributed by atoms with Gasteiger partial charge in [-0.1, -0.05) is 29.8 Å². The molecule has 0 aliphatic carbocycles. The maximum absolute atomic E-state index is 8.98. The Morgan fingerprint density at radius 1 is 1.26 bits per heavy atom. The Balaban J connectivity index is 2.26. The first-order valence-corrected chi connectivity index (χ1v) is 6.24. The Hall–Kier alpha value is -2.18. The Morgan fingerprint density at radius 3 is 2.68 bits per heavy atom. The van der Waals surface area contributed by atoms with E-state index in [4.69, 9.17) is 22.6 Å². The molecule has 0 spiro atoms. The Labute approximate surface area is 117 Å². The van der Waals surface area contributed by atoms with E-state index in [-0.39, 0.29) is 0 Å².